The molecule has 210 valence electrons. The average Bonchev–Trinajstić information content (AvgIpc) is 3.50. The third kappa shape index (κ3) is 8.34. The Morgan fingerprint density at radius 2 is 1.57 bits per heavy atom. The molecule has 40 heavy (non-hydrogen) atoms. The van der Waals surface area contributed by atoms with Gasteiger partial charge in [-0.15, -0.1) is 11.3 Å². The van der Waals surface area contributed by atoms with Gasteiger partial charge < -0.3 is 20.1 Å². The zero-order valence-corrected chi connectivity index (χ0v) is 23.4. The van der Waals surface area contributed by atoms with Gasteiger partial charge in [0.2, 0.25) is 5.91 Å². The molecule has 8 nitrogen and oxygen atoms in total. The van der Waals surface area contributed by atoms with Crippen LogP contribution in [0.15, 0.2) is 78.2 Å². The Labute approximate surface area is 238 Å². The summed E-state index contributed by atoms with van der Waals surface area (Å²) < 4.78 is 10.6. The van der Waals surface area contributed by atoms with Crippen molar-refractivity contribution in [2.45, 2.75) is 57.4 Å². The first-order valence-corrected chi connectivity index (χ1v) is 14.2. The maximum atomic E-state index is 13.6. The second-order valence-electron chi connectivity index (χ2n) is 10.2. The predicted octanol–water partition coefficient (Wildman–Crippen LogP) is 4.27. The summed E-state index contributed by atoms with van der Waals surface area (Å²) in [6.45, 7) is 3.68. The third-order valence-corrected chi connectivity index (χ3v) is 7.79. The van der Waals surface area contributed by atoms with Gasteiger partial charge in [-0.3, -0.25) is 14.4 Å². The van der Waals surface area contributed by atoms with Crippen LogP contribution in [-0.4, -0.2) is 47.9 Å². The number of rotatable bonds is 14. The minimum atomic E-state index is -0.912. The molecule has 1 saturated heterocycles. The van der Waals surface area contributed by atoms with Gasteiger partial charge in [-0.2, -0.15) is 0 Å². The highest BCUT2D eigenvalue weighted by Gasteiger charge is 2.50. The Kier molecular flexibility index (Phi) is 9.84. The number of alkyl carbamates (subject to hydrolysis) is 1. The van der Waals surface area contributed by atoms with E-state index in [-0.39, 0.29) is 30.5 Å². The second-order valence-corrected chi connectivity index (χ2v) is 11.2. The van der Waals surface area contributed by atoms with Gasteiger partial charge in [0, 0.05) is 17.2 Å². The van der Waals surface area contributed by atoms with Crippen LogP contribution < -0.4 is 10.6 Å². The van der Waals surface area contributed by atoms with Crippen LogP contribution in [0.5, 0.6) is 0 Å². The lowest BCUT2D eigenvalue weighted by Crippen LogP contribution is -2.50. The SMILES string of the molecule is C[C@H](NC(=O)OCc1ccccc1)C(=O)C[C@@H](Cc1cccs1)C(=O)N[C@@H](Cc1ccccc1)C(=O)[C@@]1(C)CO1. The summed E-state index contributed by atoms with van der Waals surface area (Å²) in [6.07, 6.45) is -0.172. The largest absolute Gasteiger partial charge is 0.445 e. The third-order valence-electron chi connectivity index (χ3n) is 6.89. The molecule has 2 heterocycles. The molecular weight excluding hydrogens is 528 g/mol. The minimum absolute atomic E-state index is 0.0798. The first-order chi connectivity index (χ1) is 19.2. The number of nitrogens with one attached hydrogen (secondary N) is 2. The summed E-state index contributed by atoms with van der Waals surface area (Å²) in [4.78, 5) is 53.2. The summed E-state index contributed by atoms with van der Waals surface area (Å²) >= 11 is 1.49. The van der Waals surface area contributed by atoms with Crippen LogP contribution in [0, 0.1) is 5.92 Å². The lowest BCUT2D eigenvalue weighted by molar-refractivity contribution is -0.134. The van der Waals surface area contributed by atoms with Crippen LogP contribution >= 0.6 is 11.3 Å². The van der Waals surface area contributed by atoms with Crippen LogP contribution in [-0.2, 0) is 43.3 Å². The summed E-state index contributed by atoms with van der Waals surface area (Å²) in [7, 11) is 0. The van der Waals surface area contributed by atoms with E-state index in [9.17, 15) is 19.2 Å². The molecule has 4 atom stereocenters. The molecule has 0 saturated carbocycles. The van der Waals surface area contributed by atoms with Crippen molar-refractivity contribution in [1.29, 1.82) is 0 Å². The van der Waals surface area contributed by atoms with Crippen LogP contribution in [0.25, 0.3) is 0 Å². The Bertz CT molecular complexity index is 1290. The van der Waals surface area contributed by atoms with E-state index in [2.05, 4.69) is 10.6 Å². The van der Waals surface area contributed by atoms with Gasteiger partial charge in [-0.05, 0) is 49.3 Å². The molecule has 1 aromatic heterocycles. The topological polar surface area (TPSA) is 114 Å². The molecule has 4 rings (SSSR count). The van der Waals surface area contributed by atoms with Gasteiger partial charge in [0.15, 0.2) is 11.6 Å². The molecule has 0 unspecified atom stereocenters. The Morgan fingerprint density at radius 3 is 2.17 bits per heavy atom. The van der Waals surface area contributed by atoms with E-state index < -0.39 is 29.7 Å². The van der Waals surface area contributed by atoms with Crippen LogP contribution in [0.3, 0.4) is 0 Å². The molecule has 1 fully saturated rings. The first-order valence-electron chi connectivity index (χ1n) is 13.3. The molecule has 9 heteroatoms. The van der Waals surface area contributed by atoms with Gasteiger partial charge in [0.25, 0.3) is 0 Å². The number of carbonyl (C=O) groups excluding carboxylic acids is 4. The zero-order chi connectivity index (χ0) is 28.5. The number of thiophene rings is 1. The maximum absolute atomic E-state index is 13.6. The molecule has 1 aliphatic heterocycles. The number of benzene rings is 2. The number of hydrogen-bond acceptors (Lipinski definition) is 7. The predicted molar refractivity (Wildman–Crippen MR) is 152 cm³/mol. The highest BCUT2D eigenvalue weighted by atomic mass is 32.1. The highest BCUT2D eigenvalue weighted by molar-refractivity contribution is 7.09. The molecule has 1 aliphatic rings. The van der Waals surface area contributed by atoms with Crippen molar-refractivity contribution in [3.8, 4) is 0 Å². The van der Waals surface area contributed by atoms with Crippen molar-refractivity contribution in [1.82, 2.24) is 10.6 Å². The van der Waals surface area contributed by atoms with E-state index in [0.717, 1.165) is 16.0 Å². The number of ketones is 2. The Balaban J connectivity index is 1.41. The standard InChI is InChI=1S/C31H34N2O6S/c1-21(32-30(37)38-19-23-12-7-4-8-13-23)27(34)18-24(17-25-14-9-15-40-25)29(36)33-26(28(35)31(2)20-39-31)16-22-10-5-3-6-11-22/h3-15,21,24,26H,16-20H2,1-2H3,(H,32,37)(H,33,36)/t21-,24+,26-,31+/m0/s1. The molecule has 2 N–H and O–H groups in total. The number of epoxide rings is 1. The monoisotopic (exact) mass is 562 g/mol. The number of hydrogen-bond donors (Lipinski definition) is 2. The highest BCUT2D eigenvalue weighted by Crippen LogP contribution is 2.29. The van der Waals surface area contributed by atoms with Crippen LogP contribution in [0.2, 0.25) is 0 Å². The second kappa shape index (κ2) is 13.5. The fourth-order valence-electron chi connectivity index (χ4n) is 4.34. The summed E-state index contributed by atoms with van der Waals surface area (Å²) in [5, 5.41) is 7.39. The molecular formula is C31H34N2O6S. The number of Topliss-reactive ketones (excluding diaryl/α,β-unsaturated/α-hetero) is 2. The fourth-order valence-corrected chi connectivity index (χ4v) is 5.13. The van der Waals surface area contributed by atoms with Gasteiger partial charge >= 0.3 is 6.09 Å². The lowest BCUT2D eigenvalue weighted by Gasteiger charge is -2.24. The van der Waals surface area contributed by atoms with Crippen molar-refractivity contribution in [3.63, 3.8) is 0 Å². The van der Waals surface area contributed by atoms with Crippen LogP contribution in [0.4, 0.5) is 4.79 Å². The molecule has 3 aromatic rings. The molecule has 2 aromatic carbocycles. The smallest absolute Gasteiger partial charge is 0.408 e. The Morgan fingerprint density at radius 1 is 0.925 bits per heavy atom. The molecule has 0 aliphatic carbocycles. The number of amides is 2. The minimum Gasteiger partial charge on any atom is -0.445 e. The summed E-state index contributed by atoms with van der Waals surface area (Å²) in [5.41, 5.74) is 0.821. The van der Waals surface area contributed by atoms with Crippen molar-refractivity contribution in [3.05, 3.63) is 94.2 Å². The number of carbonyl (C=O) groups is 4. The van der Waals surface area contributed by atoms with E-state index in [1.54, 1.807) is 13.8 Å². The average molecular weight is 563 g/mol. The van der Waals surface area contributed by atoms with Crippen LogP contribution in [0.1, 0.15) is 36.3 Å². The van der Waals surface area contributed by atoms with E-state index in [0.29, 0.717) is 19.4 Å². The Hall–Kier alpha value is -3.82. The molecule has 0 spiro atoms. The van der Waals surface area contributed by atoms with Gasteiger partial charge in [0.05, 0.1) is 18.7 Å². The normalized spacial score (nSPS) is 18.1. The lowest BCUT2D eigenvalue weighted by atomic mass is 9.91. The van der Waals surface area contributed by atoms with Crippen molar-refractivity contribution < 1.29 is 28.7 Å². The molecule has 2 amide bonds. The maximum Gasteiger partial charge on any atom is 0.408 e. The van der Waals surface area contributed by atoms with Gasteiger partial charge in [-0.1, -0.05) is 66.7 Å². The van der Waals surface area contributed by atoms with E-state index in [1.807, 2.05) is 78.2 Å². The van der Waals surface area contributed by atoms with Crippen molar-refractivity contribution >= 4 is 34.9 Å². The quantitative estimate of drug-likeness (QED) is 0.284. The van der Waals surface area contributed by atoms with E-state index in [1.165, 1.54) is 11.3 Å². The molecule has 0 bridgehead atoms. The van der Waals surface area contributed by atoms with Gasteiger partial charge in [-0.25, -0.2) is 4.79 Å². The van der Waals surface area contributed by atoms with E-state index >= 15 is 0 Å². The summed E-state index contributed by atoms with van der Waals surface area (Å²) in [5.74, 6) is -1.62. The van der Waals surface area contributed by atoms with E-state index in [4.69, 9.17) is 9.47 Å². The zero-order valence-electron chi connectivity index (χ0n) is 22.6. The first kappa shape index (κ1) is 29.2. The number of ether oxygens (including phenoxy) is 2. The molecule has 0 radical (unpaired) electrons. The van der Waals surface area contributed by atoms with Crippen molar-refractivity contribution in [2.24, 2.45) is 5.92 Å². The fraction of sp³-hybridized carbons (Fsp3) is 0.355. The van der Waals surface area contributed by atoms with Gasteiger partial charge in [0.1, 0.15) is 12.2 Å². The van der Waals surface area contributed by atoms with Crippen molar-refractivity contribution in [2.75, 3.05) is 6.61 Å². The summed E-state index contributed by atoms with van der Waals surface area (Å²) in [6, 6.07) is 20.8.